The van der Waals surface area contributed by atoms with Gasteiger partial charge in [0, 0.05) is 45.2 Å². The highest BCUT2D eigenvalue weighted by atomic mass is 79.9. The van der Waals surface area contributed by atoms with Crippen molar-refractivity contribution >= 4 is 33.2 Å². The Morgan fingerprint density at radius 2 is 1.90 bits per heavy atom. The standard InChI is InChI=1S/C19H21BrN6.C2H6.CH4O/c1-19(2)13-10-25(11-14(13)19)17-6-16(22-8-12-4-3-5-21-7-12)26-18(24-17)15(20)9-23-26;2*1-2/h3-7,9,13-14,22H,8,10-11H2,1-2H3;1-2H3;2H,1H3. The summed E-state index contributed by atoms with van der Waals surface area (Å²) in [6.07, 6.45) is 5.46. The van der Waals surface area contributed by atoms with E-state index in [0.29, 0.717) is 12.0 Å². The summed E-state index contributed by atoms with van der Waals surface area (Å²) < 4.78 is 2.76. The number of nitrogens with one attached hydrogen (secondary N) is 1. The highest BCUT2D eigenvalue weighted by Crippen LogP contribution is 2.62. The first-order chi connectivity index (χ1) is 14.5. The number of aliphatic hydroxyl groups excluding tert-OH is 1. The number of anilines is 2. The molecule has 30 heavy (non-hydrogen) atoms. The van der Waals surface area contributed by atoms with Crippen molar-refractivity contribution in [3.05, 3.63) is 46.8 Å². The number of rotatable bonds is 4. The van der Waals surface area contributed by atoms with Gasteiger partial charge in [-0.3, -0.25) is 4.98 Å². The van der Waals surface area contributed by atoms with Crippen LogP contribution in [0.25, 0.3) is 5.65 Å². The second-order valence-corrected chi connectivity index (χ2v) is 8.74. The van der Waals surface area contributed by atoms with E-state index in [0.717, 1.165) is 59.4 Å². The van der Waals surface area contributed by atoms with Crippen molar-refractivity contribution in [2.75, 3.05) is 30.4 Å². The van der Waals surface area contributed by atoms with Gasteiger partial charge < -0.3 is 15.3 Å². The molecule has 1 saturated carbocycles. The minimum Gasteiger partial charge on any atom is -0.400 e. The SMILES string of the molecule is CC.CC1(C)C2CN(c3cc(NCc4cccnc4)n4ncc(Br)c4n3)CC21.CO. The molecule has 2 unspecified atom stereocenters. The summed E-state index contributed by atoms with van der Waals surface area (Å²) in [6, 6.07) is 6.13. The molecule has 2 atom stereocenters. The average molecular weight is 475 g/mol. The summed E-state index contributed by atoms with van der Waals surface area (Å²) in [6.45, 7) is 11.6. The maximum absolute atomic E-state index is 7.00. The summed E-state index contributed by atoms with van der Waals surface area (Å²) in [4.78, 5) is 11.5. The lowest BCUT2D eigenvalue weighted by Gasteiger charge is -2.24. The average Bonchev–Trinajstić information content (AvgIpc) is 3.18. The third-order valence-corrected chi connectivity index (χ3v) is 6.62. The summed E-state index contributed by atoms with van der Waals surface area (Å²) in [5.74, 6) is 3.55. The van der Waals surface area contributed by atoms with Crippen LogP contribution in [-0.4, -0.2) is 44.9 Å². The Balaban J connectivity index is 0.000000606. The van der Waals surface area contributed by atoms with Gasteiger partial charge in [-0.2, -0.15) is 9.61 Å². The third kappa shape index (κ3) is 4.16. The molecule has 2 fully saturated rings. The van der Waals surface area contributed by atoms with Crippen LogP contribution in [0.3, 0.4) is 0 Å². The fourth-order valence-corrected chi connectivity index (χ4v) is 4.57. The van der Waals surface area contributed by atoms with E-state index in [2.05, 4.69) is 62.2 Å². The van der Waals surface area contributed by atoms with Crippen LogP contribution in [0.1, 0.15) is 33.3 Å². The van der Waals surface area contributed by atoms with Crippen molar-refractivity contribution in [2.24, 2.45) is 17.3 Å². The van der Waals surface area contributed by atoms with E-state index in [-0.39, 0.29) is 0 Å². The van der Waals surface area contributed by atoms with E-state index < -0.39 is 0 Å². The number of fused-ring (bicyclic) bond motifs is 2. The first kappa shape index (κ1) is 22.5. The summed E-state index contributed by atoms with van der Waals surface area (Å²) in [5, 5.41) is 14.9. The highest BCUT2D eigenvalue weighted by molar-refractivity contribution is 9.10. The molecule has 162 valence electrons. The normalized spacial score (nSPS) is 20.6. The molecule has 0 amide bonds. The van der Waals surface area contributed by atoms with E-state index in [1.807, 2.05) is 30.6 Å². The van der Waals surface area contributed by atoms with Gasteiger partial charge in [-0.25, -0.2) is 4.98 Å². The van der Waals surface area contributed by atoms with E-state index >= 15 is 0 Å². The van der Waals surface area contributed by atoms with Crippen molar-refractivity contribution in [1.82, 2.24) is 19.6 Å². The van der Waals surface area contributed by atoms with Gasteiger partial charge in [0.2, 0.25) is 0 Å². The van der Waals surface area contributed by atoms with E-state index in [1.165, 1.54) is 0 Å². The molecular weight excluding hydrogens is 444 g/mol. The number of pyridine rings is 1. The first-order valence-electron chi connectivity index (χ1n) is 10.4. The number of hydrogen-bond donors (Lipinski definition) is 2. The van der Waals surface area contributed by atoms with Gasteiger partial charge in [0.1, 0.15) is 11.6 Å². The number of aromatic nitrogens is 4. The monoisotopic (exact) mass is 474 g/mol. The van der Waals surface area contributed by atoms with Crippen LogP contribution in [0.4, 0.5) is 11.6 Å². The van der Waals surface area contributed by atoms with Crippen molar-refractivity contribution in [3.8, 4) is 0 Å². The lowest BCUT2D eigenvalue weighted by molar-refractivity contribution is 0.399. The number of aliphatic hydroxyl groups is 1. The summed E-state index contributed by atoms with van der Waals surface area (Å²) in [5.41, 5.74) is 2.48. The largest absolute Gasteiger partial charge is 0.400 e. The molecule has 5 rings (SSSR count). The number of nitrogens with zero attached hydrogens (tertiary/aromatic N) is 5. The molecule has 7 nitrogen and oxygen atoms in total. The van der Waals surface area contributed by atoms with Crippen molar-refractivity contribution in [1.29, 1.82) is 0 Å². The predicted molar refractivity (Wildman–Crippen MR) is 125 cm³/mol. The fourth-order valence-electron chi connectivity index (χ4n) is 4.23. The molecule has 0 bridgehead atoms. The maximum Gasteiger partial charge on any atom is 0.173 e. The van der Waals surface area contributed by atoms with Gasteiger partial charge in [-0.1, -0.05) is 33.8 Å². The van der Waals surface area contributed by atoms with Crippen LogP contribution in [0.5, 0.6) is 0 Å². The Morgan fingerprint density at radius 3 is 2.53 bits per heavy atom. The number of hydrogen-bond acceptors (Lipinski definition) is 6. The van der Waals surface area contributed by atoms with Gasteiger partial charge in [-0.05, 0) is 44.8 Å². The Labute approximate surface area is 186 Å². The molecule has 2 N–H and O–H groups in total. The Bertz CT molecular complexity index is 960. The number of halogens is 1. The van der Waals surface area contributed by atoms with Gasteiger partial charge in [0.05, 0.1) is 10.7 Å². The van der Waals surface area contributed by atoms with Crippen LogP contribution in [0.15, 0.2) is 41.3 Å². The van der Waals surface area contributed by atoms with E-state index in [1.54, 1.807) is 12.4 Å². The molecule has 3 aromatic heterocycles. The summed E-state index contributed by atoms with van der Waals surface area (Å²) >= 11 is 3.58. The van der Waals surface area contributed by atoms with Crippen LogP contribution < -0.4 is 10.2 Å². The van der Waals surface area contributed by atoms with Crippen LogP contribution in [0.2, 0.25) is 0 Å². The van der Waals surface area contributed by atoms with Gasteiger partial charge in [-0.15, -0.1) is 0 Å². The maximum atomic E-state index is 7.00. The Kier molecular flexibility index (Phi) is 6.98. The van der Waals surface area contributed by atoms with Gasteiger partial charge >= 0.3 is 0 Å². The predicted octanol–water partition coefficient (Wildman–Crippen LogP) is 4.23. The van der Waals surface area contributed by atoms with E-state index in [9.17, 15) is 0 Å². The molecule has 0 aromatic carbocycles. The van der Waals surface area contributed by atoms with Crippen molar-refractivity contribution < 1.29 is 5.11 Å². The highest BCUT2D eigenvalue weighted by Gasteiger charge is 2.62. The summed E-state index contributed by atoms with van der Waals surface area (Å²) in [7, 11) is 1.00. The molecule has 3 aromatic rings. The lowest BCUT2D eigenvalue weighted by Crippen LogP contribution is -2.27. The van der Waals surface area contributed by atoms with Crippen molar-refractivity contribution in [2.45, 2.75) is 34.2 Å². The molecule has 4 heterocycles. The Hall–Kier alpha value is -2.19. The molecule has 0 spiro atoms. The van der Waals surface area contributed by atoms with Crippen LogP contribution in [0, 0.1) is 17.3 Å². The molecular formula is C22H31BrN6O. The molecule has 8 heteroatoms. The van der Waals surface area contributed by atoms with Crippen molar-refractivity contribution in [3.63, 3.8) is 0 Å². The molecule has 1 aliphatic carbocycles. The first-order valence-corrected chi connectivity index (χ1v) is 11.2. The fraction of sp³-hybridized carbons (Fsp3) is 0.500. The van der Waals surface area contributed by atoms with Gasteiger partial charge in [0.15, 0.2) is 5.65 Å². The second-order valence-electron chi connectivity index (χ2n) is 7.88. The zero-order valence-corrected chi connectivity index (χ0v) is 19.9. The zero-order valence-electron chi connectivity index (χ0n) is 18.3. The Morgan fingerprint density at radius 1 is 1.20 bits per heavy atom. The molecule has 0 radical (unpaired) electrons. The minimum atomic E-state index is 0.499. The third-order valence-electron chi connectivity index (χ3n) is 6.06. The molecule has 1 aliphatic heterocycles. The number of piperidine rings is 1. The van der Waals surface area contributed by atoms with Crippen LogP contribution >= 0.6 is 15.9 Å². The zero-order chi connectivity index (χ0) is 21.9. The molecule has 1 saturated heterocycles. The van der Waals surface area contributed by atoms with Crippen LogP contribution in [-0.2, 0) is 6.54 Å². The second kappa shape index (κ2) is 9.31. The lowest BCUT2D eigenvalue weighted by atomic mass is 10.1. The topological polar surface area (TPSA) is 78.6 Å². The smallest absolute Gasteiger partial charge is 0.173 e. The van der Waals surface area contributed by atoms with E-state index in [4.69, 9.17) is 10.1 Å². The van der Waals surface area contributed by atoms with Gasteiger partial charge in [0.25, 0.3) is 0 Å². The molecule has 2 aliphatic rings. The minimum absolute atomic E-state index is 0.499. The quantitative estimate of drug-likeness (QED) is 0.588.